The van der Waals surface area contributed by atoms with Crippen LogP contribution >= 0.6 is 0 Å². The van der Waals surface area contributed by atoms with Crippen LogP contribution in [-0.2, 0) is 22.6 Å². The minimum Gasteiger partial charge on any atom is -0.493 e. The summed E-state index contributed by atoms with van der Waals surface area (Å²) in [6, 6.07) is 13.6. The van der Waals surface area contributed by atoms with Crippen molar-refractivity contribution in [2.24, 2.45) is 5.10 Å². The first-order valence-electron chi connectivity index (χ1n) is 15.1. The van der Waals surface area contributed by atoms with E-state index in [4.69, 9.17) is 23.7 Å². The topological polar surface area (TPSA) is 149 Å². The van der Waals surface area contributed by atoms with E-state index in [9.17, 15) is 19.1 Å². The number of urea groups is 1. The fraction of sp³-hybridized carbons (Fsp3) is 0.286. The van der Waals surface area contributed by atoms with Crippen LogP contribution in [0.3, 0.4) is 0 Å². The molecule has 0 radical (unpaired) electrons. The van der Waals surface area contributed by atoms with Crippen molar-refractivity contribution < 1.29 is 42.8 Å². The number of nitrogens with one attached hydrogen (secondary N) is 3. The monoisotopic (exact) mass is 662 g/mol. The molecular formula is C35H39FN4O8. The number of halogens is 1. The number of allylic oxidation sites excluding steroid dienone is 2. The van der Waals surface area contributed by atoms with Crippen molar-refractivity contribution in [3.05, 3.63) is 107 Å². The van der Waals surface area contributed by atoms with Gasteiger partial charge < -0.3 is 39.4 Å². The van der Waals surface area contributed by atoms with Gasteiger partial charge in [0.05, 0.1) is 38.7 Å². The van der Waals surface area contributed by atoms with Crippen LogP contribution < -0.4 is 35.0 Å². The first kappa shape index (κ1) is 35.3. The van der Waals surface area contributed by atoms with Gasteiger partial charge in [-0.15, -0.1) is 6.58 Å². The SMILES string of the molecule is C=CCc1cc(/C=N\N[C@H](O)COc2ccc([C@@H]3NC(=O)NC(C)=C3C(=O)OC)cc2OCC)cc(OC)c1OCc1ccccc1F. The molecule has 254 valence electrons. The molecular weight excluding hydrogens is 623 g/mol. The molecule has 0 saturated carbocycles. The second-order valence-electron chi connectivity index (χ2n) is 10.5. The van der Waals surface area contributed by atoms with Crippen LogP contribution in [0.4, 0.5) is 9.18 Å². The number of esters is 1. The summed E-state index contributed by atoms with van der Waals surface area (Å²) in [4.78, 5) is 24.7. The Labute approximate surface area is 278 Å². The summed E-state index contributed by atoms with van der Waals surface area (Å²) in [6.45, 7) is 7.37. The number of methoxy groups -OCH3 is 2. The maximum absolute atomic E-state index is 14.1. The van der Waals surface area contributed by atoms with Gasteiger partial charge in [0.1, 0.15) is 19.0 Å². The van der Waals surface area contributed by atoms with E-state index >= 15 is 0 Å². The first-order chi connectivity index (χ1) is 23.2. The van der Waals surface area contributed by atoms with Crippen LogP contribution in [-0.4, -0.2) is 57.0 Å². The van der Waals surface area contributed by atoms with Crippen LogP contribution in [0, 0.1) is 5.82 Å². The van der Waals surface area contributed by atoms with Gasteiger partial charge in [-0.05, 0) is 61.7 Å². The number of nitrogens with zero attached hydrogens (tertiary/aromatic N) is 1. The second-order valence-corrected chi connectivity index (χ2v) is 10.5. The third kappa shape index (κ3) is 8.82. The summed E-state index contributed by atoms with van der Waals surface area (Å²) >= 11 is 0. The van der Waals surface area contributed by atoms with Crippen LogP contribution in [0.1, 0.15) is 42.1 Å². The molecule has 0 bridgehead atoms. The highest BCUT2D eigenvalue weighted by Gasteiger charge is 2.32. The van der Waals surface area contributed by atoms with E-state index in [1.165, 1.54) is 26.5 Å². The lowest BCUT2D eigenvalue weighted by Gasteiger charge is -2.28. The average Bonchev–Trinajstić information content (AvgIpc) is 3.07. The van der Waals surface area contributed by atoms with Crippen LogP contribution in [0.25, 0.3) is 0 Å². The highest BCUT2D eigenvalue weighted by atomic mass is 19.1. The summed E-state index contributed by atoms with van der Waals surface area (Å²) in [5.74, 6) is 0.619. The molecule has 0 spiro atoms. The normalized spacial score (nSPS) is 14.9. The summed E-state index contributed by atoms with van der Waals surface area (Å²) in [5, 5.41) is 20.0. The molecule has 0 saturated heterocycles. The fourth-order valence-electron chi connectivity index (χ4n) is 4.97. The lowest BCUT2D eigenvalue weighted by atomic mass is 9.95. The average molecular weight is 663 g/mol. The van der Waals surface area contributed by atoms with Crippen molar-refractivity contribution >= 4 is 18.2 Å². The molecule has 3 aromatic rings. The second kappa shape index (κ2) is 16.8. The molecule has 0 aromatic heterocycles. The molecule has 4 N–H and O–H groups in total. The van der Waals surface area contributed by atoms with Crippen molar-refractivity contribution in [1.82, 2.24) is 16.1 Å². The standard InChI is InChI=1S/C35H39FN4O8/c1-6-10-24-15-22(16-29(44-4)33(24)48-19-25-11-8-9-12-26(25)36)18-37-40-30(41)20-47-27-14-13-23(17-28(27)46-7-2)32-31(34(42)45-5)21(3)38-35(43)39-32/h6,8-9,11-18,30,32,40-41H,1,7,10,19-20H2,2-5H3,(H2,38,39,43)/b37-18-/t30-,32+/m1/s1. The van der Waals surface area contributed by atoms with E-state index in [-0.39, 0.29) is 24.6 Å². The van der Waals surface area contributed by atoms with E-state index in [0.717, 1.165) is 5.56 Å². The van der Waals surface area contributed by atoms with Crippen LogP contribution in [0.2, 0.25) is 0 Å². The quantitative estimate of drug-likeness (QED) is 0.0565. The predicted octanol–water partition coefficient (Wildman–Crippen LogP) is 4.66. The highest BCUT2D eigenvalue weighted by molar-refractivity contribution is 5.95. The minimum atomic E-state index is -1.20. The Morgan fingerprint density at radius 1 is 1.08 bits per heavy atom. The van der Waals surface area contributed by atoms with E-state index in [0.29, 0.717) is 58.4 Å². The minimum absolute atomic E-state index is 0.0158. The van der Waals surface area contributed by atoms with Crippen molar-refractivity contribution in [2.75, 3.05) is 27.4 Å². The van der Waals surface area contributed by atoms with Gasteiger partial charge in [-0.2, -0.15) is 5.10 Å². The number of aliphatic hydroxyl groups excluding tert-OH is 1. The van der Waals surface area contributed by atoms with Gasteiger partial charge in [-0.1, -0.05) is 30.3 Å². The zero-order valence-corrected chi connectivity index (χ0v) is 27.2. The number of ether oxygens (including phenoxy) is 5. The molecule has 2 amide bonds. The molecule has 1 heterocycles. The number of rotatable bonds is 16. The summed E-state index contributed by atoms with van der Waals surface area (Å²) in [5.41, 5.74) is 5.64. The molecule has 1 aliphatic rings. The summed E-state index contributed by atoms with van der Waals surface area (Å²) in [6.07, 6.45) is 2.47. The Morgan fingerprint density at radius 2 is 1.88 bits per heavy atom. The van der Waals surface area contributed by atoms with Gasteiger partial charge in [-0.3, -0.25) is 5.43 Å². The van der Waals surface area contributed by atoms with Crippen molar-refractivity contribution in [2.45, 2.75) is 39.1 Å². The van der Waals surface area contributed by atoms with Gasteiger partial charge in [0.2, 0.25) is 0 Å². The molecule has 3 aromatic carbocycles. The zero-order valence-electron chi connectivity index (χ0n) is 27.2. The van der Waals surface area contributed by atoms with Crippen molar-refractivity contribution in [3.63, 3.8) is 0 Å². The maximum atomic E-state index is 14.1. The number of hydrogen-bond donors (Lipinski definition) is 4. The van der Waals surface area contributed by atoms with Gasteiger partial charge in [0.25, 0.3) is 0 Å². The van der Waals surface area contributed by atoms with Gasteiger partial charge in [0.15, 0.2) is 29.2 Å². The number of benzene rings is 3. The van der Waals surface area contributed by atoms with Crippen LogP contribution in [0.5, 0.6) is 23.0 Å². The Balaban J connectivity index is 1.43. The van der Waals surface area contributed by atoms with Gasteiger partial charge >= 0.3 is 12.0 Å². The largest absolute Gasteiger partial charge is 0.493 e. The number of carbonyl (C=O) groups is 2. The summed E-state index contributed by atoms with van der Waals surface area (Å²) in [7, 11) is 2.77. The summed E-state index contributed by atoms with van der Waals surface area (Å²) < 4.78 is 42.2. The Morgan fingerprint density at radius 3 is 2.58 bits per heavy atom. The number of carbonyl (C=O) groups excluding carboxylic acids is 2. The van der Waals surface area contributed by atoms with E-state index in [1.807, 2.05) is 6.07 Å². The fourth-order valence-corrected chi connectivity index (χ4v) is 4.97. The zero-order chi connectivity index (χ0) is 34.6. The van der Waals surface area contributed by atoms with Gasteiger partial charge in [-0.25, -0.2) is 14.0 Å². The molecule has 48 heavy (non-hydrogen) atoms. The molecule has 4 rings (SSSR count). The lowest BCUT2D eigenvalue weighted by Crippen LogP contribution is -2.45. The third-order valence-electron chi connectivity index (χ3n) is 7.18. The molecule has 13 heteroatoms. The molecule has 0 unspecified atom stereocenters. The smallest absolute Gasteiger partial charge is 0.337 e. The number of aliphatic hydroxyl groups is 1. The molecule has 1 aliphatic heterocycles. The Hall–Kier alpha value is -5.56. The third-order valence-corrected chi connectivity index (χ3v) is 7.18. The predicted molar refractivity (Wildman–Crippen MR) is 177 cm³/mol. The maximum Gasteiger partial charge on any atom is 0.337 e. The first-order valence-corrected chi connectivity index (χ1v) is 15.1. The number of hydrazone groups is 1. The number of hydrogen-bond acceptors (Lipinski definition) is 10. The van der Waals surface area contributed by atoms with Crippen molar-refractivity contribution in [3.8, 4) is 23.0 Å². The molecule has 12 nitrogen and oxygen atoms in total. The lowest BCUT2D eigenvalue weighted by molar-refractivity contribution is -0.136. The number of amides is 2. The Bertz CT molecular complexity index is 1690. The van der Waals surface area contributed by atoms with Crippen LogP contribution in [0.15, 0.2) is 83.6 Å². The Kier molecular flexibility index (Phi) is 12.4. The van der Waals surface area contributed by atoms with E-state index < -0.39 is 24.3 Å². The highest BCUT2D eigenvalue weighted by Crippen LogP contribution is 2.36. The molecule has 0 fully saturated rings. The van der Waals surface area contributed by atoms with Crippen molar-refractivity contribution in [1.29, 1.82) is 0 Å². The van der Waals surface area contributed by atoms with Gasteiger partial charge in [0, 0.05) is 16.8 Å². The molecule has 2 atom stereocenters. The van der Waals surface area contributed by atoms with E-state index in [1.54, 1.807) is 62.4 Å². The molecule has 0 aliphatic carbocycles. The van der Waals surface area contributed by atoms with E-state index in [2.05, 4.69) is 27.7 Å².